The lowest BCUT2D eigenvalue weighted by molar-refractivity contribution is 0.190. The molecule has 8 nitrogen and oxygen atoms in total. The number of benzene rings is 1. The maximum atomic E-state index is 12.9. The van der Waals surface area contributed by atoms with Gasteiger partial charge in [0.25, 0.3) is 0 Å². The Kier molecular flexibility index (Phi) is 8.50. The molecule has 23 heavy (non-hydrogen) atoms. The van der Waals surface area contributed by atoms with Crippen molar-refractivity contribution in [3.63, 3.8) is 0 Å². The standard InChI is InChI=1S/C14H24N5O3P/c1-3-21-23(20,22-4-2)19(12-17-14(15)18-16)11-10-13-8-6-5-7-9-13/h5-9,12H,3-4,10-11,16H2,1-2H3,(H2,15,18). The smallest absolute Gasteiger partial charge is 0.293 e. The van der Waals surface area contributed by atoms with Gasteiger partial charge in [0.2, 0.25) is 5.96 Å². The van der Waals surface area contributed by atoms with E-state index >= 15 is 0 Å². The zero-order valence-electron chi connectivity index (χ0n) is 13.4. The van der Waals surface area contributed by atoms with Crippen LogP contribution in [-0.2, 0) is 20.0 Å². The highest BCUT2D eigenvalue weighted by Crippen LogP contribution is 2.51. The first-order valence-corrected chi connectivity index (χ1v) is 8.84. The summed E-state index contributed by atoms with van der Waals surface area (Å²) < 4.78 is 25.0. The van der Waals surface area contributed by atoms with E-state index in [0.29, 0.717) is 13.0 Å². The first kappa shape index (κ1) is 19.3. The van der Waals surface area contributed by atoms with Crippen LogP contribution in [0.5, 0.6) is 0 Å². The van der Waals surface area contributed by atoms with Crippen LogP contribution in [0.25, 0.3) is 0 Å². The molecule has 1 aromatic rings. The van der Waals surface area contributed by atoms with Crippen molar-refractivity contribution in [3.8, 4) is 0 Å². The van der Waals surface area contributed by atoms with Crippen LogP contribution in [0.1, 0.15) is 19.4 Å². The van der Waals surface area contributed by atoms with E-state index in [0.717, 1.165) is 5.56 Å². The topological polar surface area (TPSA) is 113 Å². The second-order valence-corrected chi connectivity index (χ2v) is 6.41. The Balaban J connectivity index is 2.92. The lowest BCUT2D eigenvalue weighted by Crippen LogP contribution is -2.30. The van der Waals surface area contributed by atoms with Crippen LogP contribution in [0.4, 0.5) is 0 Å². The summed E-state index contributed by atoms with van der Waals surface area (Å²) in [4.78, 5) is 3.80. The van der Waals surface area contributed by atoms with E-state index in [9.17, 15) is 4.57 Å². The fraction of sp³-hybridized carbons (Fsp3) is 0.429. The monoisotopic (exact) mass is 341 g/mol. The van der Waals surface area contributed by atoms with Gasteiger partial charge < -0.3 is 0 Å². The third-order valence-corrected chi connectivity index (χ3v) is 4.93. The van der Waals surface area contributed by atoms with Gasteiger partial charge in [-0.2, -0.15) is 0 Å². The van der Waals surface area contributed by atoms with E-state index in [4.69, 9.17) is 20.3 Å². The summed E-state index contributed by atoms with van der Waals surface area (Å²) in [6.45, 7) is 4.31. The fourth-order valence-electron chi connectivity index (χ4n) is 1.81. The molecule has 1 rings (SSSR count). The minimum Gasteiger partial charge on any atom is -0.293 e. The van der Waals surface area contributed by atoms with Gasteiger partial charge >= 0.3 is 7.75 Å². The van der Waals surface area contributed by atoms with Crippen molar-refractivity contribution in [2.75, 3.05) is 19.8 Å². The van der Waals surface area contributed by atoms with Gasteiger partial charge in [0.05, 0.1) is 13.2 Å². The van der Waals surface area contributed by atoms with Crippen molar-refractivity contribution in [1.29, 1.82) is 5.41 Å². The minimum atomic E-state index is -3.51. The third-order valence-electron chi connectivity index (χ3n) is 2.83. The number of aliphatic imine (C=N–C) groups is 1. The van der Waals surface area contributed by atoms with E-state index in [1.807, 2.05) is 30.3 Å². The van der Waals surface area contributed by atoms with Crippen molar-refractivity contribution < 1.29 is 13.6 Å². The molecule has 4 N–H and O–H groups in total. The van der Waals surface area contributed by atoms with E-state index in [-0.39, 0.29) is 19.2 Å². The zero-order chi connectivity index (χ0) is 17.1. The van der Waals surface area contributed by atoms with Crippen molar-refractivity contribution in [3.05, 3.63) is 35.9 Å². The fourth-order valence-corrected chi connectivity index (χ4v) is 3.35. The number of guanidine groups is 1. The molecule has 0 aliphatic carbocycles. The number of hydrogen-bond donors (Lipinski definition) is 3. The van der Waals surface area contributed by atoms with Crippen LogP contribution in [0, 0.1) is 5.41 Å². The predicted molar refractivity (Wildman–Crippen MR) is 91.3 cm³/mol. The second-order valence-electron chi connectivity index (χ2n) is 4.44. The number of rotatable bonds is 9. The van der Waals surface area contributed by atoms with Gasteiger partial charge in [-0.3, -0.25) is 24.6 Å². The lowest BCUT2D eigenvalue weighted by atomic mass is 10.1. The minimum absolute atomic E-state index is 0.236. The molecule has 9 heteroatoms. The molecular formula is C14H24N5O3P. The van der Waals surface area contributed by atoms with Gasteiger partial charge in [0.15, 0.2) is 0 Å². The Morgan fingerprint density at radius 1 is 1.35 bits per heavy atom. The Bertz CT molecular complexity index is 543. The Morgan fingerprint density at radius 2 is 1.96 bits per heavy atom. The maximum absolute atomic E-state index is 12.9. The maximum Gasteiger partial charge on any atom is 0.436 e. The molecular weight excluding hydrogens is 317 g/mol. The lowest BCUT2D eigenvalue weighted by Gasteiger charge is -2.27. The summed E-state index contributed by atoms with van der Waals surface area (Å²) in [6, 6.07) is 9.76. The van der Waals surface area contributed by atoms with Crippen molar-refractivity contribution >= 4 is 20.0 Å². The van der Waals surface area contributed by atoms with Crippen LogP contribution in [0.15, 0.2) is 35.3 Å². The molecule has 128 valence electrons. The molecule has 0 aromatic heterocycles. The molecule has 1 aromatic carbocycles. The number of hydrogen-bond acceptors (Lipinski definition) is 5. The molecule has 0 saturated heterocycles. The molecule has 0 fully saturated rings. The van der Waals surface area contributed by atoms with Crippen LogP contribution >= 0.6 is 7.75 Å². The number of hydrazine groups is 1. The highest BCUT2D eigenvalue weighted by Gasteiger charge is 2.31. The number of nitrogens with one attached hydrogen (secondary N) is 2. The molecule has 0 unspecified atom stereocenters. The molecule has 0 spiro atoms. The Labute approximate surface area is 136 Å². The second kappa shape index (κ2) is 10.1. The van der Waals surface area contributed by atoms with Gasteiger partial charge in [0.1, 0.15) is 6.34 Å². The molecule has 0 radical (unpaired) electrons. The molecule has 0 aliphatic rings. The first-order valence-electron chi connectivity index (χ1n) is 7.35. The predicted octanol–water partition coefficient (Wildman–Crippen LogP) is 2.14. The SMILES string of the molecule is CCOP(=O)(OCC)N(C=NC(=N)NN)CCc1ccccc1. The third kappa shape index (κ3) is 6.50. The van der Waals surface area contributed by atoms with Gasteiger partial charge in [-0.05, 0) is 25.8 Å². The average Bonchev–Trinajstić information content (AvgIpc) is 2.55. The van der Waals surface area contributed by atoms with Gasteiger partial charge in [-0.25, -0.2) is 15.4 Å². The molecule has 0 saturated carbocycles. The number of nitrogens with zero attached hydrogens (tertiary/aromatic N) is 2. The van der Waals surface area contributed by atoms with Gasteiger partial charge in [-0.1, -0.05) is 30.3 Å². The molecule has 0 amide bonds. The number of nitrogens with two attached hydrogens (primary N) is 1. The zero-order valence-corrected chi connectivity index (χ0v) is 14.3. The van der Waals surface area contributed by atoms with Crippen molar-refractivity contribution in [1.82, 2.24) is 10.1 Å². The first-order chi connectivity index (χ1) is 11.1. The summed E-state index contributed by atoms with van der Waals surface area (Å²) >= 11 is 0. The largest absolute Gasteiger partial charge is 0.436 e. The Hall–Kier alpha value is -1.73. The quantitative estimate of drug-likeness (QED) is 0.208. The normalized spacial score (nSPS) is 11.6. The van der Waals surface area contributed by atoms with Crippen LogP contribution in [0.3, 0.4) is 0 Å². The van der Waals surface area contributed by atoms with E-state index in [1.54, 1.807) is 13.8 Å². The highest BCUT2D eigenvalue weighted by atomic mass is 31.2. The molecule has 0 aliphatic heterocycles. The van der Waals surface area contributed by atoms with E-state index in [1.165, 1.54) is 11.0 Å². The van der Waals surface area contributed by atoms with Crippen LogP contribution in [0.2, 0.25) is 0 Å². The average molecular weight is 341 g/mol. The van der Waals surface area contributed by atoms with Gasteiger partial charge in [-0.15, -0.1) is 0 Å². The summed E-state index contributed by atoms with van der Waals surface area (Å²) in [6.07, 6.45) is 1.89. The highest BCUT2D eigenvalue weighted by molar-refractivity contribution is 7.51. The molecule has 0 heterocycles. The van der Waals surface area contributed by atoms with Crippen LogP contribution < -0.4 is 11.3 Å². The van der Waals surface area contributed by atoms with Gasteiger partial charge in [0, 0.05) is 6.54 Å². The van der Waals surface area contributed by atoms with E-state index < -0.39 is 7.75 Å². The summed E-state index contributed by atoms with van der Waals surface area (Å²) in [5.74, 6) is 4.86. The summed E-state index contributed by atoms with van der Waals surface area (Å²) in [5.41, 5.74) is 3.18. The van der Waals surface area contributed by atoms with E-state index in [2.05, 4.69) is 10.4 Å². The van der Waals surface area contributed by atoms with Crippen molar-refractivity contribution in [2.45, 2.75) is 20.3 Å². The van der Waals surface area contributed by atoms with Crippen LogP contribution in [-0.4, -0.2) is 36.7 Å². The van der Waals surface area contributed by atoms with Crippen molar-refractivity contribution in [2.24, 2.45) is 10.8 Å². The molecule has 0 atom stereocenters. The summed E-state index contributed by atoms with van der Waals surface area (Å²) in [7, 11) is -3.51. The molecule has 0 bridgehead atoms. The Morgan fingerprint density at radius 3 is 2.48 bits per heavy atom. The summed E-state index contributed by atoms with van der Waals surface area (Å²) in [5, 5.41) is 7.40.